The van der Waals surface area contributed by atoms with Gasteiger partial charge in [0.05, 0.1) is 30.8 Å². The van der Waals surface area contributed by atoms with Crippen LogP contribution in [0.25, 0.3) is 0 Å². The zero-order valence-corrected chi connectivity index (χ0v) is 11.1. The molecular weight excluding hydrogens is 274 g/mol. The summed E-state index contributed by atoms with van der Waals surface area (Å²) in [5, 5.41) is 2.81. The summed E-state index contributed by atoms with van der Waals surface area (Å²) in [6, 6.07) is 3.39. The lowest BCUT2D eigenvalue weighted by Gasteiger charge is -2.11. The van der Waals surface area contributed by atoms with Crippen molar-refractivity contribution < 1.29 is 14.3 Å². The summed E-state index contributed by atoms with van der Waals surface area (Å²) >= 11 is 3.34. The lowest BCUT2D eigenvalue weighted by Crippen LogP contribution is -2.19. The predicted molar refractivity (Wildman–Crippen MR) is 65.5 cm³/mol. The summed E-state index contributed by atoms with van der Waals surface area (Å²) in [6.45, 7) is 0.273. The molecular formula is C11H14BrNO3. The van der Waals surface area contributed by atoms with Gasteiger partial charge in [-0.3, -0.25) is 4.79 Å². The van der Waals surface area contributed by atoms with E-state index in [1.165, 1.54) is 7.11 Å². The third kappa shape index (κ3) is 2.74. The molecule has 0 fully saturated rings. The number of carbonyl (C=O) groups excluding carboxylic acids is 1. The van der Waals surface area contributed by atoms with Crippen LogP contribution in [0.3, 0.4) is 0 Å². The van der Waals surface area contributed by atoms with Gasteiger partial charge < -0.3 is 14.8 Å². The van der Waals surface area contributed by atoms with Gasteiger partial charge in [-0.1, -0.05) is 0 Å². The van der Waals surface area contributed by atoms with Gasteiger partial charge in [-0.25, -0.2) is 0 Å². The van der Waals surface area contributed by atoms with Crippen molar-refractivity contribution in [1.29, 1.82) is 0 Å². The zero-order chi connectivity index (χ0) is 12.1. The highest BCUT2D eigenvalue weighted by atomic mass is 79.9. The van der Waals surface area contributed by atoms with E-state index in [-0.39, 0.29) is 12.3 Å². The molecule has 0 aliphatic rings. The largest absolute Gasteiger partial charge is 0.496 e. The minimum absolute atomic E-state index is 0.0253. The maximum atomic E-state index is 11.8. The molecule has 0 amide bonds. The van der Waals surface area contributed by atoms with Crippen molar-refractivity contribution in [3.05, 3.63) is 22.2 Å². The highest BCUT2D eigenvalue weighted by molar-refractivity contribution is 9.10. The molecule has 0 saturated carbocycles. The highest BCUT2D eigenvalue weighted by Gasteiger charge is 2.15. The Morgan fingerprint density at radius 2 is 1.94 bits per heavy atom. The first kappa shape index (κ1) is 13.0. The molecule has 0 aromatic heterocycles. The normalized spacial score (nSPS) is 10.0. The number of Topliss-reactive ketones (excluding diaryl/α,β-unsaturated/α-hetero) is 1. The van der Waals surface area contributed by atoms with Gasteiger partial charge in [0.1, 0.15) is 11.5 Å². The average molecular weight is 288 g/mol. The van der Waals surface area contributed by atoms with Crippen molar-refractivity contribution in [2.24, 2.45) is 0 Å². The van der Waals surface area contributed by atoms with Crippen molar-refractivity contribution in [2.45, 2.75) is 0 Å². The van der Waals surface area contributed by atoms with Crippen LogP contribution in [0.5, 0.6) is 11.5 Å². The van der Waals surface area contributed by atoms with Crippen LogP contribution in [-0.2, 0) is 0 Å². The number of likely N-dealkylation sites (N-methyl/N-ethyl adjacent to an activating group) is 1. The lowest BCUT2D eigenvalue weighted by molar-refractivity contribution is 0.0990. The molecule has 0 atom stereocenters. The number of benzene rings is 1. The minimum Gasteiger partial charge on any atom is -0.496 e. The van der Waals surface area contributed by atoms with E-state index in [0.717, 1.165) is 4.47 Å². The third-order valence-electron chi connectivity index (χ3n) is 2.11. The highest BCUT2D eigenvalue weighted by Crippen LogP contribution is 2.32. The fourth-order valence-electron chi connectivity index (χ4n) is 1.33. The second kappa shape index (κ2) is 5.86. The van der Waals surface area contributed by atoms with E-state index in [1.807, 2.05) is 0 Å². The monoisotopic (exact) mass is 287 g/mol. The molecule has 0 saturated heterocycles. The maximum absolute atomic E-state index is 11.8. The molecule has 5 heteroatoms. The minimum atomic E-state index is -0.0253. The summed E-state index contributed by atoms with van der Waals surface area (Å²) in [4.78, 5) is 11.8. The summed E-state index contributed by atoms with van der Waals surface area (Å²) in [7, 11) is 4.82. The number of carbonyl (C=O) groups is 1. The standard InChI is InChI=1S/C11H14BrNO3/c1-13-6-9(14)7-4-8(12)11(16-3)5-10(7)15-2/h4-5,13H,6H2,1-3H3. The van der Waals surface area contributed by atoms with Crippen LogP contribution in [0.4, 0.5) is 0 Å². The van der Waals surface area contributed by atoms with Crippen LogP contribution >= 0.6 is 15.9 Å². The molecule has 0 unspecified atom stereocenters. The fraction of sp³-hybridized carbons (Fsp3) is 0.364. The number of ketones is 1. The van der Waals surface area contributed by atoms with Crippen LogP contribution in [0.1, 0.15) is 10.4 Å². The van der Waals surface area contributed by atoms with E-state index in [9.17, 15) is 4.79 Å². The van der Waals surface area contributed by atoms with Crippen LogP contribution in [0.2, 0.25) is 0 Å². The van der Waals surface area contributed by atoms with Crippen LogP contribution in [0, 0.1) is 0 Å². The summed E-state index contributed by atoms with van der Waals surface area (Å²) in [5.74, 6) is 1.13. The van der Waals surface area contributed by atoms with E-state index < -0.39 is 0 Å². The van der Waals surface area contributed by atoms with Gasteiger partial charge in [0.2, 0.25) is 0 Å². The molecule has 1 aromatic carbocycles. The Morgan fingerprint density at radius 3 is 2.44 bits per heavy atom. The van der Waals surface area contributed by atoms with Crippen LogP contribution in [0.15, 0.2) is 16.6 Å². The second-order valence-corrected chi connectivity index (χ2v) is 3.99. The first-order chi connectivity index (χ1) is 7.63. The van der Waals surface area contributed by atoms with E-state index in [1.54, 1.807) is 26.3 Å². The van der Waals surface area contributed by atoms with Gasteiger partial charge in [-0.05, 0) is 29.0 Å². The molecule has 0 spiro atoms. The molecule has 0 radical (unpaired) electrons. The Balaban J connectivity index is 3.17. The molecule has 0 bridgehead atoms. The molecule has 16 heavy (non-hydrogen) atoms. The number of methoxy groups -OCH3 is 2. The Morgan fingerprint density at radius 1 is 1.31 bits per heavy atom. The smallest absolute Gasteiger partial charge is 0.180 e. The Hall–Kier alpha value is -1.07. The van der Waals surface area contributed by atoms with E-state index in [2.05, 4.69) is 21.2 Å². The summed E-state index contributed by atoms with van der Waals surface area (Å²) in [5.41, 5.74) is 0.532. The Kier molecular flexibility index (Phi) is 4.76. The molecule has 0 heterocycles. The van der Waals surface area contributed by atoms with Gasteiger partial charge in [0.25, 0.3) is 0 Å². The average Bonchev–Trinajstić information content (AvgIpc) is 2.29. The zero-order valence-electron chi connectivity index (χ0n) is 9.46. The van der Waals surface area contributed by atoms with Crippen molar-refractivity contribution in [1.82, 2.24) is 5.32 Å². The third-order valence-corrected chi connectivity index (χ3v) is 2.73. The van der Waals surface area contributed by atoms with Crippen molar-refractivity contribution in [3.63, 3.8) is 0 Å². The van der Waals surface area contributed by atoms with Crippen molar-refractivity contribution in [2.75, 3.05) is 27.8 Å². The van der Waals surface area contributed by atoms with Gasteiger partial charge in [0.15, 0.2) is 5.78 Å². The molecule has 88 valence electrons. The summed E-state index contributed by atoms with van der Waals surface area (Å²) < 4.78 is 11.0. The van der Waals surface area contributed by atoms with Gasteiger partial charge >= 0.3 is 0 Å². The van der Waals surface area contributed by atoms with Gasteiger partial charge in [-0.2, -0.15) is 0 Å². The molecule has 1 N–H and O–H groups in total. The first-order valence-corrected chi connectivity index (χ1v) is 5.52. The van der Waals surface area contributed by atoms with Crippen molar-refractivity contribution >= 4 is 21.7 Å². The number of rotatable bonds is 5. The van der Waals surface area contributed by atoms with E-state index in [0.29, 0.717) is 17.1 Å². The quantitative estimate of drug-likeness (QED) is 0.840. The predicted octanol–water partition coefficient (Wildman–Crippen LogP) is 1.87. The summed E-state index contributed by atoms with van der Waals surface area (Å²) in [6.07, 6.45) is 0. The fourth-order valence-corrected chi connectivity index (χ4v) is 1.84. The van der Waals surface area contributed by atoms with Gasteiger partial charge in [0, 0.05) is 6.07 Å². The van der Waals surface area contributed by atoms with Crippen LogP contribution in [-0.4, -0.2) is 33.6 Å². The number of hydrogen-bond acceptors (Lipinski definition) is 4. The maximum Gasteiger partial charge on any atom is 0.180 e. The molecule has 0 aliphatic heterocycles. The lowest BCUT2D eigenvalue weighted by atomic mass is 10.1. The van der Waals surface area contributed by atoms with E-state index in [4.69, 9.17) is 9.47 Å². The molecule has 4 nitrogen and oxygen atoms in total. The molecule has 1 aromatic rings. The van der Waals surface area contributed by atoms with Crippen LogP contribution < -0.4 is 14.8 Å². The first-order valence-electron chi connectivity index (χ1n) is 4.73. The number of ether oxygens (including phenoxy) is 2. The number of halogens is 1. The Bertz CT molecular complexity index is 393. The second-order valence-electron chi connectivity index (χ2n) is 3.14. The number of hydrogen-bond donors (Lipinski definition) is 1. The Labute approximate surface area is 103 Å². The van der Waals surface area contributed by atoms with Gasteiger partial charge in [-0.15, -0.1) is 0 Å². The molecule has 1 rings (SSSR count). The topological polar surface area (TPSA) is 47.6 Å². The number of nitrogens with one attached hydrogen (secondary N) is 1. The SMILES string of the molecule is CNCC(=O)c1cc(Br)c(OC)cc1OC. The van der Waals surface area contributed by atoms with Crippen molar-refractivity contribution in [3.8, 4) is 11.5 Å². The van der Waals surface area contributed by atoms with E-state index >= 15 is 0 Å². The molecule has 0 aliphatic carbocycles.